The molecule has 1 atom stereocenters. The van der Waals surface area contributed by atoms with Crippen LogP contribution in [-0.2, 0) is 0 Å². The van der Waals surface area contributed by atoms with Crippen molar-refractivity contribution in [3.63, 3.8) is 0 Å². The van der Waals surface area contributed by atoms with Crippen molar-refractivity contribution >= 4 is 0 Å². The summed E-state index contributed by atoms with van der Waals surface area (Å²) in [5, 5.41) is 0. The minimum Gasteiger partial charge on any atom is -0.490 e. The summed E-state index contributed by atoms with van der Waals surface area (Å²) in [5.41, 5.74) is 6.57. The van der Waals surface area contributed by atoms with Crippen molar-refractivity contribution in [2.24, 2.45) is 11.7 Å². The second-order valence-corrected chi connectivity index (χ2v) is 7.00. The van der Waals surface area contributed by atoms with Gasteiger partial charge < -0.3 is 10.5 Å². The van der Waals surface area contributed by atoms with Crippen LogP contribution in [0.15, 0.2) is 30.5 Å². The highest BCUT2D eigenvalue weighted by molar-refractivity contribution is 5.61. The molecule has 0 aliphatic carbocycles. The van der Waals surface area contributed by atoms with Crippen LogP contribution in [0.3, 0.4) is 0 Å². The zero-order valence-electron chi connectivity index (χ0n) is 15.2. The summed E-state index contributed by atoms with van der Waals surface area (Å²) in [5.74, 6) is 2.83. The van der Waals surface area contributed by atoms with E-state index in [0.717, 1.165) is 0 Å². The van der Waals surface area contributed by atoms with Gasteiger partial charge in [0.1, 0.15) is 23.7 Å². The zero-order valence-corrected chi connectivity index (χ0v) is 15.2. The first-order valence-corrected chi connectivity index (χ1v) is 8.35. The molecule has 0 aliphatic heterocycles. The van der Waals surface area contributed by atoms with Gasteiger partial charge in [0.05, 0.1) is 5.69 Å². The molecule has 0 fully saturated rings. The smallest absolute Gasteiger partial charge is 0.284 e. The number of nitrogens with zero attached hydrogens (tertiary/aromatic N) is 2. The molecule has 0 bridgehead atoms. The molecule has 0 spiro atoms. The Morgan fingerprint density at radius 3 is 2.65 bits per heavy atom. The molecule has 2 N–H and O–H groups in total. The van der Waals surface area contributed by atoms with Gasteiger partial charge >= 0.3 is 0 Å². The van der Waals surface area contributed by atoms with Gasteiger partial charge in [0.15, 0.2) is 0 Å². The first kappa shape index (κ1) is 19.8. The maximum atomic E-state index is 13.5. The Balaban J connectivity index is 2.28. The minimum absolute atomic E-state index is 0.0374. The SMILES string of the molecule is C#Cc1cc(-c2ccc(OC[C@@](C)(N)CC(C)C)c(C(F)F)n2)ccn1. The molecule has 2 aromatic rings. The number of terminal acetylenes is 1. The lowest BCUT2D eigenvalue weighted by Gasteiger charge is -2.27. The molecule has 26 heavy (non-hydrogen) atoms. The number of alkyl halides is 2. The summed E-state index contributed by atoms with van der Waals surface area (Å²) >= 11 is 0. The molecule has 4 nitrogen and oxygen atoms in total. The molecule has 138 valence electrons. The Hall–Kier alpha value is -2.52. The summed E-state index contributed by atoms with van der Waals surface area (Å²) in [7, 11) is 0. The van der Waals surface area contributed by atoms with Crippen molar-refractivity contribution < 1.29 is 13.5 Å². The number of hydrogen-bond acceptors (Lipinski definition) is 4. The van der Waals surface area contributed by atoms with Crippen LogP contribution in [0.1, 0.15) is 45.0 Å². The topological polar surface area (TPSA) is 61.0 Å². The van der Waals surface area contributed by atoms with E-state index >= 15 is 0 Å². The molecule has 0 radical (unpaired) electrons. The standard InChI is InChI=1S/C20H23F2N3O/c1-5-15-10-14(8-9-24-15)16-6-7-17(18(25-16)19(21)22)26-12-20(4,23)11-13(2)3/h1,6-10,13,19H,11-12,23H2,2-4H3/t20-/m0/s1. The van der Waals surface area contributed by atoms with Crippen LogP contribution in [0.25, 0.3) is 11.3 Å². The van der Waals surface area contributed by atoms with Crippen LogP contribution in [-0.4, -0.2) is 22.1 Å². The largest absolute Gasteiger partial charge is 0.490 e. The predicted octanol–water partition coefficient (Wildman–Crippen LogP) is 4.20. The molecular formula is C20H23F2N3O. The van der Waals surface area contributed by atoms with Crippen molar-refractivity contribution in [3.05, 3.63) is 41.9 Å². The van der Waals surface area contributed by atoms with Gasteiger partial charge in [-0.2, -0.15) is 0 Å². The van der Waals surface area contributed by atoms with E-state index in [-0.39, 0.29) is 12.4 Å². The fourth-order valence-corrected chi connectivity index (χ4v) is 2.80. The van der Waals surface area contributed by atoms with Crippen molar-refractivity contribution in [2.45, 2.75) is 39.2 Å². The van der Waals surface area contributed by atoms with Crippen LogP contribution < -0.4 is 10.5 Å². The maximum Gasteiger partial charge on any atom is 0.284 e. The molecular weight excluding hydrogens is 336 g/mol. The van der Waals surface area contributed by atoms with Crippen molar-refractivity contribution in [1.29, 1.82) is 0 Å². The second kappa shape index (κ2) is 8.24. The van der Waals surface area contributed by atoms with E-state index in [4.69, 9.17) is 16.9 Å². The molecule has 0 aliphatic rings. The molecule has 0 saturated heterocycles. The number of ether oxygens (including phenoxy) is 1. The van der Waals surface area contributed by atoms with Crippen LogP contribution >= 0.6 is 0 Å². The van der Waals surface area contributed by atoms with Gasteiger partial charge in [-0.05, 0) is 43.5 Å². The zero-order chi connectivity index (χ0) is 19.3. The highest BCUT2D eigenvalue weighted by Gasteiger charge is 2.24. The monoisotopic (exact) mass is 359 g/mol. The number of rotatable bonds is 7. The van der Waals surface area contributed by atoms with Crippen LogP contribution in [0, 0.1) is 18.3 Å². The van der Waals surface area contributed by atoms with Gasteiger partial charge in [0.25, 0.3) is 6.43 Å². The lowest BCUT2D eigenvalue weighted by atomic mass is 9.93. The molecule has 0 unspecified atom stereocenters. The van der Waals surface area contributed by atoms with E-state index in [1.165, 1.54) is 12.3 Å². The highest BCUT2D eigenvalue weighted by atomic mass is 19.3. The highest BCUT2D eigenvalue weighted by Crippen LogP contribution is 2.31. The van der Waals surface area contributed by atoms with E-state index < -0.39 is 17.7 Å². The van der Waals surface area contributed by atoms with Crippen molar-refractivity contribution in [2.75, 3.05) is 6.61 Å². The third-order valence-corrected chi connectivity index (χ3v) is 3.73. The third-order valence-electron chi connectivity index (χ3n) is 3.73. The van der Waals surface area contributed by atoms with Crippen LogP contribution in [0.4, 0.5) is 8.78 Å². The quantitative estimate of drug-likeness (QED) is 0.753. The van der Waals surface area contributed by atoms with E-state index in [9.17, 15) is 8.78 Å². The predicted molar refractivity (Wildman–Crippen MR) is 97.9 cm³/mol. The first-order valence-electron chi connectivity index (χ1n) is 8.35. The van der Waals surface area contributed by atoms with Crippen molar-refractivity contribution in [3.8, 4) is 29.4 Å². The number of halogens is 2. The fourth-order valence-electron chi connectivity index (χ4n) is 2.80. The minimum atomic E-state index is -2.77. The summed E-state index contributed by atoms with van der Waals surface area (Å²) in [6, 6.07) is 6.40. The van der Waals surface area contributed by atoms with Gasteiger partial charge in [-0.25, -0.2) is 18.7 Å². The Kier molecular flexibility index (Phi) is 6.27. The summed E-state index contributed by atoms with van der Waals surface area (Å²) in [6.45, 7) is 6.06. The van der Waals surface area contributed by atoms with Gasteiger partial charge in [-0.1, -0.05) is 19.8 Å². The average molecular weight is 359 g/mol. The van der Waals surface area contributed by atoms with Gasteiger partial charge in [0, 0.05) is 17.3 Å². The number of nitrogens with two attached hydrogens (primary N) is 1. The lowest BCUT2D eigenvalue weighted by molar-refractivity contribution is 0.134. The molecule has 6 heteroatoms. The summed E-state index contributed by atoms with van der Waals surface area (Å²) in [6.07, 6.45) is 4.79. The molecule has 2 heterocycles. The second-order valence-electron chi connectivity index (χ2n) is 7.00. The first-order chi connectivity index (χ1) is 12.2. The van der Waals surface area contributed by atoms with Crippen molar-refractivity contribution in [1.82, 2.24) is 9.97 Å². The maximum absolute atomic E-state index is 13.5. The van der Waals surface area contributed by atoms with Gasteiger partial charge in [0.2, 0.25) is 0 Å². The Morgan fingerprint density at radius 2 is 2.04 bits per heavy atom. The van der Waals surface area contributed by atoms with Gasteiger partial charge in [-0.15, -0.1) is 6.42 Å². The number of aromatic nitrogens is 2. The van der Waals surface area contributed by atoms with Crippen LogP contribution in [0.2, 0.25) is 0 Å². The fraction of sp³-hybridized carbons (Fsp3) is 0.400. The lowest BCUT2D eigenvalue weighted by Crippen LogP contribution is -2.43. The van der Waals surface area contributed by atoms with E-state index in [0.29, 0.717) is 29.3 Å². The van der Waals surface area contributed by atoms with E-state index in [1.807, 2.05) is 20.8 Å². The van der Waals surface area contributed by atoms with E-state index in [1.54, 1.807) is 18.2 Å². The average Bonchev–Trinajstić information content (AvgIpc) is 2.58. The molecule has 2 aromatic heterocycles. The third kappa shape index (κ3) is 5.24. The summed E-state index contributed by atoms with van der Waals surface area (Å²) in [4.78, 5) is 8.06. The normalized spacial score (nSPS) is 13.5. The Bertz CT molecular complexity index is 798. The number of hydrogen-bond donors (Lipinski definition) is 1. The molecule has 2 rings (SSSR count). The van der Waals surface area contributed by atoms with E-state index in [2.05, 4.69) is 15.9 Å². The molecule has 0 aromatic carbocycles. The Labute approximate surface area is 152 Å². The Morgan fingerprint density at radius 1 is 1.31 bits per heavy atom. The summed E-state index contributed by atoms with van der Waals surface area (Å²) < 4.78 is 32.5. The van der Waals surface area contributed by atoms with Crippen LogP contribution in [0.5, 0.6) is 5.75 Å². The van der Waals surface area contributed by atoms with Gasteiger partial charge in [-0.3, -0.25) is 0 Å². The molecule has 0 amide bonds. The molecule has 0 saturated carbocycles. The number of pyridine rings is 2.